The second-order valence-electron chi connectivity index (χ2n) is 11.5. The van der Waals surface area contributed by atoms with Gasteiger partial charge in [-0.15, -0.1) is 23.8 Å². The summed E-state index contributed by atoms with van der Waals surface area (Å²) >= 11 is 1.40. The first-order valence-corrected chi connectivity index (χ1v) is 14.7. The van der Waals surface area contributed by atoms with Crippen molar-refractivity contribution in [2.75, 3.05) is 0 Å². The van der Waals surface area contributed by atoms with Gasteiger partial charge in [-0.2, -0.15) is 0 Å². The molecule has 0 fully saturated rings. The van der Waals surface area contributed by atoms with Crippen LogP contribution in [0.5, 0.6) is 0 Å². The Bertz CT molecular complexity index is 608. The maximum Gasteiger partial charge on any atom is 0.107 e. The third-order valence-corrected chi connectivity index (χ3v) is 7.11. The average molecular weight is 1030 g/mol. The van der Waals surface area contributed by atoms with E-state index >= 15 is 0 Å². The molecule has 0 bridgehead atoms. The Morgan fingerprint density at radius 3 is 0.254 bits per heavy atom. The van der Waals surface area contributed by atoms with Gasteiger partial charge in [0.25, 0.3) is 0 Å². The normalized spacial score (nSPS) is 6.71. The summed E-state index contributed by atoms with van der Waals surface area (Å²) in [6.07, 6.45) is -12.9. The van der Waals surface area contributed by atoms with E-state index in [4.69, 9.17) is 217 Å². The molecule has 0 aliphatic carbocycles. The van der Waals surface area contributed by atoms with Gasteiger partial charge in [0.15, 0.2) is 0 Å². The van der Waals surface area contributed by atoms with Gasteiger partial charge in [-0.05, 0) is 0 Å². The van der Waals surface area contributed by atoms with E-state index in [1.807, 2.05) is 0 Å². The van der Waals surface area contributed by atoms with Crippen LogP contribution in [0.15, 0.2) is 0 Å². The molecule has 0 aliphatic rings. The van der Waals surface area contributed by atoms with Crippen molar-refractivity contribution in [3.63, 3.8) is 0 Å². The fourth-order valence-corrected chi connectivity index (χ4v) is 4.11. The molecule has 0 amide bonds. The molecule has 0 N–H and O–H groups in total. The largest absolute Gasteiger partial charge is 0.107 e. The summed E-state index contributed by atoms with van der Waals surface area (Å²) in [6, 6.07) is 0. The first kappa shape index (κ1) is 123. The number of hydrogen-bond donors (Lipinski definition) is 0. The van der Waals surface area contributed by atoms with Crippen LogP contribution in [-0.4, -0.2) is 345 Å². The topological polar surface area (TPSA) is 0 Å². The summed E-state index contributed by atoms with van der Waals surface area (Å²) in [4.78, 5) is 0. The first-order chi connectivity index (χ1) is 22.5. The van der Waals surface area contributed by atoms with Gasteiger partial charge in [-0.1, -0.05) is 74.3 Å². The molecule has 0 saturated carbocycles. The molecule has 0 saturated heterocycles. The van der Waals surface area contributed by atoms with E-state index in [-0.39, 0.29) is 143 Å². The Morgan fingerprint density at radius 1 is 0.175 bits per heavy atom. The van der Waals surface area contributed by atoms with Gasteiger partial charge in [-0.25, -0.2) is 0 Å². The van der Waals surface area contributed by atoms with Gasteiger partial charge in [0, 0.05) is 413 Å². The van der Waals surface area contributed by atoms with E-state index in [0.717, 1.165) is 0 Å². The fourth-order valence-electron chi connectivity index (χ4n) is 4.11. The van der Waals surface area contributed by atoms with Crippen molar-refractivity contribution in [3.05, 3.63) is 0 Å². The standard InChI is InChI=1S/10CH4.4B12.4Fe.HI/c;;;;;;;;;;4*1-8(2)11(7)12(9(3)4)10(5)6;;;;;/h10*1H4;;;;;;;;;1H/i/hD. The molecular formula is C10H41B48Fe4I. The van der Waals surface area contributed by atoms with Crippen molar-refractivity contribution in [2.45, 2.75) is 74.3 Å². The van der Waals surface area contributed by atoms with Gasteiger partial charge in [0.1, 0.15) is 0.594 Å². The Kier molecular flexibility index (Phi) is 136. The summed E-state index contributed by atoms with van der Waals surface area (Å²) < 4.78 is 5.72. The van der Waals surface area contributed by atoms with Crippen LogP contribution in [0.25, 0.3) is 0 Å². The molecule has 0 aliphatic heterocycles. The molecule has 0 atom stereocenters. The third-order valence-electron chi connectivity index (χ3n) is 7.11. The zero-order chi connectivity index (χ0) is 41.5. The summed E-state index contributed by atoms with van der Waals surface area (Å²) in [5.74, 6) is 0. The molecular weight excluding hydrogens is 989 g/mol. The van der Waals surface area contributed by atoms with Gasteiger partial charge >= 0.3 is 0 Å². The van der Waals surface area contributed by atoms with Crippen LogP contribution in [0.2, 0.25) is 0 Å². The Balaban J connectivity index is -0.0000000228. The van der Waals surface area contributed by atoms with Crippen LogP contribution in [0.3, 0.4) is 0 Å². The maximum absolute atomic E-state index is 5.72. The number of halogens is 1. The predicted octanol–water partition coefficient (Wildman–Crippen LogP) is -11.3. The summed E-state index contributed by atoms with van der Waals surface area (Å²) in [6.45, 7) is 0. The van der Waals surface area contributed by atoms with E-state index in [9.17, 15) is 0 Å². The third kappa shape index (κ3) is 60.4. The SMILES string of the molecule is C.C.C.C.C.C.C.C.C.C.[2H]I.[B]B([B])B([B])B(B([B])[B])B([B])[B].[B]B([B])B([B])B(B([B])[B])B([B])[B].[B]B([B])B([B])B(B([B])[B])B([B])[B].[B]B([B])B([B])B(B([B])[B])B([B])[B].[Fe].[Fe].[Fe].[Fe]. The van der Waals surface area contributed by atoms with Crippen LogP contribution in [0, 0.1) is 0 Å². The van der Waals surface area contributed by atoms with Gasteiger partial charge in [0.2, 0.25) is 0 Å². The number of rotatable bonds is 16. The van der Waals surface area contributed by atoms with Crippen LogP contribution in [-0.2, 0) is 68.3 Å². The molecule has 0 rings (SSSR count). The minimum atomic E-state index is -0.723. The molecule has 264 valence electrons. The zero-order valence-corrected chi connectivity index (χ0v) is 36.1. The Hall–Kier alpha value is 5.92. The summed E-state index contributed by atoms with van der Waals surface area (Å²) in [5.41, 5.74) is 0. The van der Waals surface area contributed by atoms with Crippen LogP contribution < -0.4 is 0 Å². The minimum Gasteiger partial charge on any atom is -0.107 e. The molecule has 56 radical (unpaired) electrons. The maximum atomic E-state index is 5.72. The molecule has 0 unspecified atom stereocenters. The van der Waals surface area contributed by atoms with E-state index in [0.29, 0.717) is 0 Å². The molecule has 0 aromatic carbocycles. The molecule has 53 heteroatoms. The van der Waals surface area contributed by atoms with E-state index in [1.54, 1.807) is 0 Å². The van der Waals surface area contributed by atoms with Crippen molar-refractivity contribution in [3.8, 4) is 0 Å². The summed E-state index contributed by atoms with van der Waals surface area (Å²) in [7, 11) is 152. The smallest absolute Gasteiger partial charge is 0.107 e. The molecule has 0 aromatic heterocycles. The molecule has 0 spiro atoms. The van der Waals surface area contributed by atoms with Crippen LogP contribution >= 0.6 is 23.8 Å². The van der Waals surface area contributed by atoms with Gasteiger partial charge in [0.05, 0.1) is 0 Å². The van der Waals surface area contributed by atoms with E-state index in [1.165, 1.54) is 23.8 Å². The molecule has 63 heavy (non-hydrogen) atoms. The van der Waals surface area contributed by atoms with Crippen molar-refractivity contribution in [1.82, 2.24) is 0 Å². The van der Waals surface area contributed by atoms with Crippen LogP contribution in [0.1, 0.15) is 74.3 Å². The Labute approximate surface area is 505 Å². The zero-order valence-electron chi connectivity index (χ0n) is 30.5. The van der Waals surface area contributed by atoms with Gasteiger partial charge < -0.3 is 0 Å². The van der Waals surface area contributed by atoms with E-state index < -0.39 is 128 Å². The Morgan fingerprint density at radius 2 is 0.238 bits per heavy atom. The second kappa shape index (κ2) is 70.0. The molecule has 0 heterocycles. The van der Waals surface area contributed by atoms with Crippen molar-refractivity contribution < 1.29 is 68.3 Å². The van der Waals surface area contributed by atoms with Gasteiger partial charge in [-0.3, -0.25) is 0 Å². The first-order valence-electron chi connectivity index (χ1n) is 15.0. The summed E-state index contributed by atoms with van der Waals surface area (Å²) in [5, 5.41) is 0. The molecule has 0 aromatic rings. The van der Waals surface area contributed by atoms with Crippen molar-refractivity contribution >= 4 is 368 Å². The molecule has 0 nitrogen and oxygen atoms in total. The van der Waals surface area contributed by atoms with Crippen LogP contribution in [0.4, 0.5) is 0 Å². The van der Waals surface area contributed by atoms with E-state index in [2.05, 4.69) is 0 Å². The minimum absolute atomic E-state index is 0. The van der Waals surface area contributed by atoms with Crippen molar-refractivity contribution in [1.29, 1.82) is 0.594 Å². The second-order valence-corrected chi connectivity index (χ2v) is 11.5. The predicted molar refractivity (Wildman–Crippen MR) is 359 cm³/mol. The fraction of sp³-hybridized carbons (Fsp3) is 1.00. The number of hydrogen-bond acceptors (Lipinski definition) is 0. The van der Waals surface area contributed by atoms with Crippen molar-refractivity contribution in [2.24, 2.45) is 0 Å². The monoisotopic (exact) mass is 1040 g/mol. The quantitative estimate of drug-likeness (QED) is 0.107. The average Bonchev–Trinajstić information content (AvgIpc) is 2.93.